The first-order chi connectivity index (χ1) is 10.2. The molecule has 4 nitrogen and oxygen atoms in total. The van der Waals surface area contributed by atoms with E-state index in [0.717, 1.165) is 25.9 Å². The molecule has 0 fully saturated rings. The Bertz CT molecular complexity index is 584. The molecule has 2 rings (SSSR count). The Labute approximate surface area is 125 Å². The smallest absolute Gasteiger partial charge is 0.292 e. The van der Waals surface area contributed by atoms with Crippen LogP contribution in [0.1, 0.15) is 18.9 Å². The Morgan fingerprint density at radius 3 is 2.33 bits per heavy atom. The van der Waals surface area contributed by atoms with Gasteiger partial charge in [-0.1, -0.05) is 49.4 Å². The van der Waals surface area contributed by atoms with E-state index >= 15 is 0 Å². The van der Waals surface area contributed by atoms with Gasteiger partial charge in [-0.15, -0.1) is 0 Å². The van der Waals surface area contributed by atoms with Crippen LogP contribution in [0.4, 0.5) is 11.4 Å². The molecule has 21 heavy (non-hydrogen) atoms. The van der Waals surface area contributed by atoms with Crippen LogP contribution >= 0.6 is 0 Å². The Kier molecular flexibility index (Phi) is 5.32. The van der Waals surface area contributed by atoms with Crippen LogP contribution in [0.3, 0.4) is 0 Å². The van der Waals surface area contributed by atoms with Crippen LogP contribution in [0.2, 0.25) is 0 Å². The van der Waals surface area contributed by atoms with Crippen molar-refractivity contribution in [2.24, 2.45) is 0 Å². The molecule has 2 aromatic carbocycles. The fourth-order valence-corrected chi connectivity index (χ4v) is 2.42. The summed E-state index contributed by atoms with van der Waals surface area (Å²) in [5, 5.41) is 11.2. The van der Waals surface area contributed by atoms with E-state index in [-0.39, 0.29) is 10.6 Å². The molecule has 4 heteroatoms. The number of nitro groups is 1. The fraction of sp³-hybridized carbons (Fsp3) is 0.294. The molecule has 0 radical (unpaired) electrons. The van der Waals surface area contributed by atoms with Crippen molar-refractivity contribution in [1.82, 2.24) is 0 Å². The van der Waals surface area contributed by atoms with E-state index in [2.05, 4.69) is 24.0 Å². The summed E-state index contributed by atoms with van der Waals surface area (Å²) in [6, 6.07) is 17.2. The van der Waals surface area contributed by atoms with Crippen LogP contribution in [0.15, 0.2) is 54.6 Å². The van der Waals surface area contributed by atoms with E-state index in [0.29, 0.717) is 5.69 Å². The molecule has 0 aromatic heterocycles. The van der Waals surface area contributed by atoms with Crippen molar-refractivity contribution in [2.75, 3.05) is 18.0 Å². The number of anilines is 1. The van der Waals surface area contributed by atoms with E-state index in [1.54, 1.807) is 12.1 Å². The third-order valence-corrected chi connectivity index (χ3v) is 3.43. The lowest BCUT2D eigenvalue weighted by Gasteiger charge is -2.24. The first kappa shape index (κ1) is 15.0. The van der Waals surface area contributed by atoms with Gasteiger partial charge in [0.2, 0.25) is 0 Å². The third-order valence-electron chi connectivity index (χ3n) is 3.43. The molecule has 0 saturated carbocycles. The summed E-state index contributed by atoms with van der Waals surface area (Å²) in [6.07, 6.45) is 1.84. The van der Waals surface area contributed by atoms with E-state index in [1.165, 1.54) is 5.56 Å². The minimum Gasteiger partial charge on any atom is -0.366 e. The van der Waals surface area contributed by atoms with Gasteiger partial charge in [0.1, 0.15) is 5.69 Å². The van der Waals surface area contributed by atoms with Gasteiger partial charge in [0.25, 0.3) is 5.69 Å². The second-order valence-corrected chi connectivity index (χ2v) is 4.97. The van der Waals surface area contributed by atoms with Gasteiger partial charge in [0.05, 0.1) is 4.92 Å². The lowest BCUT2D eigenvalue weighted by molar-refractivity contribution is -0.384. The van der Waals surface area contributed by atoms with E-state index in [9.17, 15) is 10.1 Å². The molecule has 0 saturated heterocycles. The highest BCUT2D eigenvalue weighted by atomic mass is 16.6. The molecule has 0 amide bonds. The maximum atomic E-state index is 11.2. The summed E-state index contributed by atoms with van der Waals surface area (Å²) < 4.78 is 0. The van der Waals surface area contributed by atoms with Gasteiger partial charge in [-0.05, 0) is 24.5 Å². The lowest BCUT2D eigenvalue weighted by Crippen LogP contribution is -2.27. The van der Waals surface area contributed by atoms with Gasteiger partial charge in [-0.25, -0.2) is 0 Å². The molecule has 0 heterocycles. The molecule has 0 aliphatic carbocycles. The van der Waals surface area contributed by atoms with Gasteiger partial charge in [0, 0.05) is 19.2 Å². The highest BCUT2D eigenvalue weighted by Crippen LogP contribution is 2.27. The topological polar surface area (TPSA) is 46.4 Å². The van der Waals surface area contributed by atoms with Crippen molar-refractivity contribution in [2.45, 2.75) is 19.8 Å². The Morgan fingerprint density at radius 2 is 1.67 bits per heavy atom. The van der Waals surface area contributed by atoms with E-state index < -0.39 is 0 Å². The van der Waals surface area contributed by atoms with Crippen LogP contribution in [0.25, 0.3) is 0 Å². The molecule has 0 unspecified atom stereocenters. The van der Waals surface area contributed by atoms with Crippen molar-refractivity contribution in [3.8, 4) is 0 Å². The van der Waals surface area contributed by atoms with Crippen molar-refractivity contribution in [3.05, 3.63) is 70.3 Å². The molecule has 0 aliphatic rings. The average Bonchev–Trinajstić information content (AvgIpc) is 2.52. The second-order valence-electron chi connectivity index (χ2n) is 4.97. The van der Waals surface area contributed by atoms with Gasteiger partial charge in [0.15, 0.2) is 0 Å². The third kappa shape index (κ3) is 4.05. The number of para-hydroxylation sites is 2. The first-order valence-electron chi connectivity index (χ1n) is 7.24. The Balaban J connectivity index is 2.17. The summed E-state index contributed by atoms with van der Waals surface area (Å²) in [5.74, 6) is 0. The fourth-order valence-electron chi connectivity index (χ4n) is 2.42. The lowest BCUT2D eigenvalue weighted by atomic mass is 10.1. The minimum absolute atomic E-state index is 0.180. The predicted octanol–water partition coefficient (Wildman–Crippen LogP) is 4.05. The number of benzene rings is 2. The van der Waals surface area contributed by atoms with Crippen molar-refractivity contribution < 1.29 is 4.92 Å². The molecule has 0 atom stereocenters. The number of nitrogens with zero attached hydrogens (tertiary/aromatic N) is 2. The van der Waals surface area contributed by atoms with Gasteiger partial charge < -0.3 is 4.90 Å². The molecule has 0 N–H and O–H groups in total. The highest BCUT2D eigenvalue weighted by Gasteiger charge is 2.17. The SMILES string of the molecule is CCCN(CCc1ccccc1)c1ccccc1[N+](=O)[O-]. The second kappa shape index (κ2) is 7.43. The molecular weight excluding hydrogens is 264 g/mol. The minimum atomic E-state index is -0.305. The summed E-state index contributed by atoms with van der Waals surface area (Å²) in [4.78, 5) is 13.0. The Morgan fingerprint density at radius 1 is 1.00 bits per heavy atom. The zero-order valence-corrected chi connectivity index (χ0v) is 12.2. The van der Waals surface area contributed by atoms with Gasteiger partial charge >= 0.3 is 0 Å². The van der Waals surface area contributed by atoms with Crippen molar-refractivity contribution in [1.29, 1.82) is 0 Å². The van der Waals surface area contributed by atoms with Crippen LogP contribution in [0.5, 0.6) is 0 Å². The van der Waals surface area contributed by atoms with Gasteiger partial charge in [-0.2, -0.15) is 0 Å². The first-order valence-corrected chi connectivity index (χ1v) is 7.24. The summed E-state index contributed by atoms with van der Waals surface area (Å²) >= 11 is 0. The molecule has 110 valence electrons. The molecule has 0 spiro atoms. The van der Waals surface area contributed by atoms with Crippen molar-refractivity contribution >= 4 is 11.4 Å². The van der Waals surface area contributed by atoms with Crippen LogP contribution in [0, 0.1) is 10.1 Å². The van der Waals surface area contributed by atoms with E-state index in [4.69, 9.17) is 0 Å². The van der Waals surface area contributed by atoms with Crippen LogP contribution in [-0.4, -0.2) is 18.0 Å². The number of hydrogen-bond donors (Lipinski definition) is 0. The van der Waals surface area contributed by atoms with Crippen LogP contribution < -0.4 is 4.90 Å². The molecule has 0 aliphatic heterocycles. The molecule has 2 aromatic rings. The quantitative estimate of drug-likeness (QED) is 0.569. The summed E-state index contributed by atoms with van der Waals surface area (Å²) in [7, 11) is 0. The normalized spacial score (nSPS) is 10.3. The monoisotopic (exact) mass is 284 g/mol. The number of hydrogen-bond acceptors (Lipinski definition) is 3. The van der Waals surface area contributed by atoms with Crippen molar-refractivity contribution in [3.63, 3.8) is 0 Å². The number of rotatable bonds is 7. The summed E-state index contributed by atoms with van der Waals surface area (Å²) in [5.41, 5.74) is 2.14. The summed E-state index contributed by atoms with van der Waals surface area (Å²) in [6.45, 7) is 3.69. The molecule has 0 bridgehead atoms. The zero-order valence-electron chi connectivity index (χ0n) is 12.2. The predicted molar refractivity (Wildman–Crippen MR) is 85.7 cm³/mol. The average molecular weight is 284 g/mol. The standard InChI is InChI=1S/C17H20N2O2/c1-2-13-18(14-12-15-8-4-3-5-9-15)16-10-6-7-11-17(16)19(20)21/h3-11H,2,12-14H2,1H3. The zero-order chi connectivity index (χ0) is 15.1. The maximum Gasteiger partial charge on any atom is 0.292 e. The number of nitro benzene ring substituents is 1. The maximum absolute atomic E-state index is 11.2. The molecular formula is C17H20N2O2. The Hall–Kier alpha value is -2.36. The largest absolute Gasteiger partial charge is 0.366 e. The van der Waals surface area contributed by atoms with Gasteiger partial charge in [-0.3, -0.25) is 10.1 Å². The van der Waals surface area contributed by atoms with E-state index in [1.807, 2.05) is 30.3 Å². The highest BCUT2D eigenvalue weighted by molar-refractivity contribution is 5.63. The van der Waals surface area contributed by atoms with Crippen LogP contribution in [-0.2, 0) is 6.42 Å².